The Labute approximate surface area is 125 Å². The lowest BCUT2D eigenvalue weighted by Crippen LogP contribution is -2.36. The first-order chi connectivity index (χ1) is 9.91. The van der Waals surface area contributed by atoms with Crippen molar-refractivity contribution in [1.82, 2.24) is 25.0 Å². The Hall–Kier alpha value is -1.67. The number of anilines is 1. The zero-order valence-corrected chi connectivity index (χ0v) is 13.4. The molecule has 0 aromatic carbocycles. The highest BCUT2D eigenvalue weighted by Crippen LogP contribution is 2.10. The molecular formula is C13H26N6O2. The monoisotopic (exact) mass is 298 g/mol. The van der Waals surface area contributed by atoms with E-state index in [0.29, 0.717) is 13.1 Å². The maximum atomic E-state index is 12.4. The van der Waals surface area contributed by atoms with Crippen LogP contribution in [0.3, 0.4) is 0 Å². The molecule has 0 atom stereocenters. The van der Waals surface area contributed by atoms with E-state index in [0.717, 1.165) is 25.9 Å². The van der Waals surface area contributed by atoms with Gasteiger partial charge in [-0.3, -0.25) is 4.79 Å². The molecule has 1 rings (SSSR count). The Morgan fingerprint density at radius 2 is 1.52 bits per heavy atom. The third-order valence-corrected chi connectivity index (χ3v) is 3.07. The molecule has 1 aromatic rings. The Kier molecular flexibility index (Phi) is 7.10. The molecule has 0 saturated heterocycles. The van der Waals surface area contributed by atoms with Gasteiger partial charge in [-0.05, 0) is 64.4 Å². The smallest absolute Gasteiger partial charge is 0.280 e. The first kappa shape index (κ1) is 17.4. The SMILES string of the molecule is CN(C)CCCN(CCCN(C)C)C(=O)c1nonc1N. The fourth-order valence-electron chi connectivity index (χ4n) is 1.96. The van der Waals surface area contributed by atoms with Gasteiger partial charge in [0, 0.05) is 13.1 Å². The number of hydrogen-bond acceptors (Lipinski definition) is 7. The summed E-state index contributed by atoms with van der Waals surface area (Å²) in [5.41, 5.74) is 5.70. The molecule has 0 fully saturated rings. The molecule has 0 aliphatic rings. The number of aromatic nitrogens is 2. The second-order valence-corrected chi connectivity index (χ2v) is 5.60. The molecule has 0 unspecified atom stereocenters. The Balaban J connectivity index is 2.61. The number of rotatable bonds is 9. The molecule has 1 heterocycles. The molecule has 2 N–H and O–H groups in total. The van der Waals surface area contributed by atoms with Crippen LogP contribution in [0.2, 0.25) is 0 Å². The van der Waals surface area contributed by atoms with Gasteiger partial charge >= 0.3 is 0 Å². The fourth-order valence-corrected chi connectivity index (χ4v) is 1.96. The highest BCUT2D eigenvalue weighted by Gasteiger charge is 2.22. The molecular weight excluding hydrogens is 272 g/mol. The molecule has 0 aliphatic carbocycles. The minimum Gasteiger partial charge on any atom is -0.379 e. The molecule has 0 radical (unpaired) electrons. The Morgan fingerprint density at radius 3 is 1.90 bits per heavy atom. The first-order valence-electron chi connectivity index (χ1n) is 7.08. The van der Waals surface area contributed by atoms with Crippen molar-refractivity contribution in [3.8, 4) is 0 Å². The second kappa shape index (κ2) is 8.58. The van der Waals surface area contributed by atoms with Gasteiger partial charge < -0.3 is 20.4 Å². The predicted octanol–water partition coefficient (Wildman–Crippen LogP) is -0.00260. The van der Waals surface area contributed by atoms with E-state index < -0.39 is 0 Å². The van der Waals surface area contributed by atoms with Gasteiger partial charge in [0.05, 0.1) is 0 Å². The molecule has 21 heavy (non-hydrogen) atoms. The lowest BCUT2D eigenvalue weighted by Gasteiger charge is -2.23. The maximum Gasteiger partial charge on any atom is 0.280 e. The van der Waals surface area contributed by atoms with Crippen molar-refractivity contribution in [3.63, 3.8) is 0 Å². The largest absolute Gasteiger partial charge is 0.379 e. The highest BCUT2D eigenvalue weighted by atomic mass is 16.6. The van der Waals surface area contributed by atoms with E-state index in [1.165, 1.54) is 0 Å². The number of nitrogen functional groups attached to an aromatic ring is 1. The average Bonchev–Trinajstić information content (AvgIpc) is 2.81. The molecule has 8 nitrogen and oxygen atoms in total. The fraction of sp³-hybridized carbons (Fsp3) is 0.769. The van der Waals surface area contributed by atoms with Gasteiger partial charge in [-0.1, -0.05) is 0 Å². The molecule has 0 spiro atoms. The minimum absolute atomic E-state index is 0.0465. The van der Waals surface area contributed by atoms with Crippen molar-refractivity contribution in [2.75, 3.05) is 60.1 Å². The molecule has 1 amide bonds. The zero-order chi connectivity index (χ0) is 15.8. The van der Waals surface area contributed by atoms with E-state index in [-0.39, 0.29) is 17.4 Å². The lowest BCUT2D eigenvalue weighted by molar-refractivity contribution is 0.0734. The maximum absolute atomic E-state index is 12.4. The summed E-state index contributed by atoms with van der Waals surface area (Å²) in [5.74, 6) is -0.170. The van der Waals surface area contributed by atoms with E-state index >= 15 is 0 Å². The third-order valence-electron chi connectivity index (χ3n) is 3.07. The van der Waals surface area contributed by atoms with Crippen molar-refractivity contribution in [3.05, 3.63) is 5.69 Å². The van der Waals surface area contributed by atoms with Crippen LogP contribution >= 0.6 is 0 Å². The van der Waals surface area contributed by atoms with Gasteiger partial charge in [0.1, 0.15) is 0 Å². The summed E-state index contributed by atoms with van der Waals surface area (Å²) < 4.78 is 4.51. The van der Waals surface area contributed by atoms with Crippen LogP contribution in [-0.4, -0.2) is 85.3 Å². The summed E-state index contributed by atoms with van der Waals surface area (Å²) in [5, 5.41) is 7.06. The van der Waals surface area contributed by atoms with Crippen molar-refractivity contribution in [2.45, 2.75) is 12.8 Å². The quantitative estimate of drug-likeness (QED) is 0.686. The molecule has 0 aliphatic heterocycles. The van der Waals surface area contributed by atoms with Crippen LogP contribution in [0, 0.1) is 0 Å². The third kappa shape index (κ3) is 6.09. The van der Waals surface area contributed by atoms with Crippen LogP contribution in [0.15, 0.2) is 4.63 Å². The number of nitrogens with two attached hydrogens (primary N) is 1. The van der Waals surface area contributed by atoms with E-state index in [9.17, 15) is 4.79 Å². The molecule has 8 heteroatoms. The Morgan fingerprint density at radius 1 is 1.00 bits per heavy atom. The van der Waals surface area contributed by atoms with Crippen LogP contribution in [0.1, 0.15) is 23.3 Å². The summed E-state index contributed by atoms with van der Waals surface area (Å²) >= 11 is 0. The normalized spacial score (nSPS) is 11.3. The molecule has 0 saturated carbocycles. The van der Waals surface area contributed by atoms with Crippen LogP contribution < -0.4 is 5.73 Å². The number of carbonyl (C=O) groups excluding carboxylic acids is 1. The Bertz CT molecular complexity index is 418. The summed E-state index contributed by atoms with van der Waals surface area (Å²) in [4.78, 5) is 18.4. The van der Waals surface area contributed by atoms with Crippen LogP contribution in [0.5, 0.6) is 0 Å². The lowest BCUT2D eigenvalue weighted by atomic mass is 10.2. The average molecular weight is 298 g/mol. The van der Waals surface area contributed by atoms with Crippen molar-refractivity contribution in [2.24, 2.45) is 0 Å². The van der Waals surface area contributed by atoms with E-state index in [2.05, 4.69) is 24.7 Å². The van der Waals surface area contributed by atoms with Gasteiger partial charge in [-0.15, -0.1) is 0 Å². The number of nitrogens with zero attached hydrogens (tertiary/aromatic N) is 5. The van der Waals surface area contributed by atoms with E-state index in [1.54, 1.807) is 4.90 Å². The summed E-state index contributed by atoms with van der Waals surface area (Å²) in [6.45, 7) is 3.17. The first-order valence-corrected chi connectivity index (χ1v) is 7.08. The summed E-state index contributed by atoms with van der Waals surface area (Å²) in [7, 11) is 8.05. The van der Waals surface area contributed by atoms with E-state index in [4.69, 9.17) is 5.73 Å². The molecule has 0 bridgehead atoms. The minimum atomic E-state index is -0.216. The molecule has 120 valence electrons. The summed E-state index contributed by atoms with van der Waals surface area (Å²) in [6.07, 6.45) is 1.79. The number of carbonyl (C=O) groups is 1. The van der Waals surface area contributed by atoms with Crippen LogP contribution in [-0.2, 0) is 0 Å². The van der Waals surface area contributed by atoms with Gasteiger partial charge in [0.2, 0.25) is 11.5 Å². The van der Waals surface area contributed by atoms with Gasteiger partial charge in [0.15, 0.2) is 0 Å². The van der Waals surface area contributed by atoms with Gasteiger partial charge in [-0.25, -0.2) is 4.63 Å². The summed E-state index contributed by atoms with van der Waals surface area (Å²) in [6, 6.07) is 0. The van der Waals surface area contributed by atoms with Crippen LogP contribution in [0.4, 0.5) is 5.82 Å². The van der Waals surface area contributed by atoms with Crippen molar-refractivity contribution < 1.29 is 9.42 Å². The standard InChI is InChI=1S/C13H26N6O2/c1-17(2)7-5-9-19(10-6-8-18(3)4)13(20)11-12(14)16-21-15-11/h5-10H2,1-4H3,(H2,14,16). The van der Waals surface area contributed by atoms with Crippen molar-refractivity contribution in [1.29, 1.82) is 0 Å². The topological polar surface area (TPSA) is 91.7 Å². The highest BCUT2D eigenvalue weighted by molar-refractivity contribution is 5.96. The predicted molar refractivity (Wildman–Crippen MR) is 81.0 cm³/mol. The number of hydrogen-bond donors (Lipinski definition) is 1. The number of amides is 1. The van der Waals surface area contributed by atoms with Crippen LogP contribution in [0.25, 0.3) is 0 Å². The second-order valence-electron chi connectivity index (χ2n) is 5.60. The van der Waals surface area contributed by atoms with E-state index in [1.807, 2.05) is 28.2 Å². The van der Waals surface area contributed by atoms with Gasteiger partial charge in [0.25, 0.3) is 5.91 Å². The van der Waals surface area contributed by atoms with Crippen molar-refractivity contribution >= 4 is 11.7 Å². The molecule has 1 aromatic heterocycles. The van der Waals surface area contributed by atoms with Gasteiger partial charge in [-0.2, -0.15) is 0 Å². The zero-order valence-electron chi connectivity index (χ0n) is 13.4.